The lowest BCUT2D eigenvalue weighted by Gasteiger charge is -2.40. The van der Waals surface area contributed by atoms with Gasteiger partial charge in [-0.15, -0.1) is 0 Å². The Bertz CT molecular complexity index is 1110. The van der Waals surface area contributed by atoms with Crippen molar-refractivity contribution in [2.24, 2.45) is 0 Å². The van der Waals surface area contributed by atoms with E-state index >= 15 is 0 Å². The molecule has 0 spiro atoms. The van der Waals surface area contributed by atoms with Gasteiger partial charge in [-0.05, 0) is 19.3 Å². The van der Waals surface area contributed by atoms with Crippen molar-refractivity contribution in [1.29, 1.82) is 0 Å². The number of amides is 1. The van der Waals surface area contributed by atoms with Gasteiger partial charge in [-0.3, -0.25) is 4.79 Å². The summed E-state index contributed by atoms with van der Waals surface area (Å²) in [6.07, 6.45) is 57.5. The Morgan fingerprint density at radius 3 is 1.11 bits per heavy atom. The Labute approximate surface area is 433 Å². The molecule has 0 saturated carbocycles. The number of allylic oxidation sites excluding steroid dienone is 1. The first-order chi connectivity index (χ1) is 34.3. The normalized spacial score (nSPS) is 19.3. The van der Waals surface area contributed by atoms with Gasteiger partial charge in [0.2, 0.25) is 5.91 Å². The molecule has 0 aromatic carbocycles. The quantitative estimate of drug-likeness (QED) is 0.0261. The van der Waals surface area contributed by atoms with Crippen LogP contribution in [0.15, 0.2) is 12.2 Å². The molecular weight excluding hydrogens is 875 g/mol. The molecule has 0 radical (unpaired) electrons. The van der Waals surface area contributed by atoms with Gasteiger partial charge in [0.05, 0.1) is 25.4 Å². The molecule has 9 nitrogen and oxygen atoms in total. The molecule has 416 valence electrons. The summed E-state index contributed by atoms with van der Waals surface area (Å²) in [5.74, 6) is -0.171. The molecule has 0 aromatic heterocycles. The fourth-order valence-corrected chi connectivity index (χ4v) is 10.2. The minimum absolute atomic E-state index is 0.171. The van der Waals surface area contributed by atoms with Crippen LogP contribution in [0.5, 0.6) is 0 Å². The number of rotatable bonds is 54. The molecule has 0 aliphatic carbocycles. The maximum absolute atomic E-state index is 13.0. The molecule has 1 heterocycles. The molecule has 2 unspecified atom stereocenters. The van der Waals surface area contributed by atoms with Gasteiger partial charge >= 0.3 is 0 Å². The van der Waals surface area contributed by atoms with E-state index in [9.17, 15) is 30.3 Å². The summed E-state index contributed by atoms with van der Waals surface area (Å²) in [7, 11) is 0. The van der Waals surface area contributed by atoms with Crippen LogP contribution in [0.25, 0.3) is 0 Å². The van der Waals surface area contributed by atoms with Gasteiger partial charge < -0.3 is 40.3 Å². The molecule has 1 aliphatic heterocycles. The maximum atomic E-state index is 13.0. The second-order valence-electron chi connectivity index (χ2n) is 21.9. The lowest BCUT2D eigenvalue weighted by molar-refractivity contribution is -0.302. The number of hydrogen-bond acceptors (Lipinski definition) is 8. The zero-order chi connectivity index (χ0) is 50.8. The lowest BCUT2D eigenvalue weighted by atomic mass is 9.99. The van der Waals surface area contributed by atoms with Crippen molar-refractivity contribution in [1.82, 2.24) is 5.32 Å². The van der Waals surface area contributed by atoms with Gasteiger partial charge in [0.25, 0.3) is 0 Å². The number of aliphatic hydroxyl groups is 5. The highest BCUT2D eigenvalue weighted by atomic mass is 16.7. The van der Waals surface area contributed by atoms with Gasteiger partial charge in [-0.1, -0.05) is 302 Å². The molecule has 1 aliphatic rings. The van der Waals surface area contributed by atoms with E-state index in [1.54, 1.807) is 6.08 Å². The minimum atomic E-state index is -1.56. The van der Waals surface area contributed by atoms with Crippen molar-refractivity contribution in [2.75, 3.05) is 13.2 Å². The van der Waals surface area contributed by atoms with E-state index in [-0.39, 0.29) is 12.5 Å². The third-order valence-electron chi connectivity index (χ3n) is 15.1. The van der Waals surface area contributed by atoms with E-state index in [4.69, 9.17) is 9.47 Å². The van der Waals surface area contributed by atoms with Gasteiger partial charge in [0.1, 0.15) is 24.4 Å². The number of aliphatic hydroxyl groups excluding tert-OH is 5. The predicted octanol–water partition coefficient (Wildman–Crippen LogP) is 15.6. The van der Waals surface area contributed by atoms with Crippen LogP contribution in [0, 0.1) is 0 Å². The molecule has 0 aromatic rings. The van der Waals surface area contributed by atoms with E-state index in [1.165, 1.54) is 257 Å². The average Bonchev–Trinajstić information content (AvgIpc) is 3.36. The molecule has 1 amide bonds. The number of carbonyl (C=O) groups excluding carboxylic acids is 1. The number of ether oxygens (including phenoxy) is 2. The van der Waals surface area contributed by atoms with E-state index in [2.05, 4.69) is 19.2 Å². The SMILES string of the molecule is CCCCCCCCCCCC/C=C/[C@@H](O)[C@H](CO[C@@H]1O[C@H](CO)[C@H](O)C(O)C1O)NC(=O)CCCCCCCCCCCCCCCCCCCCCCCCCCCCCCCCCCCCC. The Balaban J connectivity index is 2.04. The van der Waals surface area contributed by atoms with Gasteiger partial charge in [-0.2, -0.15) is 0 Å². The Morgan fingerprint density at radius 2 is 0.786 bits per heavy atom. The zero-order valence-electron chi connectivity index (χ0n) is 46.3. The van der Waals surface area contributed by atoms with Crippen molar-refractivity contribution in [2.45, 2.75) is 358 Å². The van der Waals surface area contributed by atoms with E-state index in [1.807, 2.05) is 6.08 Å². The molecule has 70 heavy (non-hydrogen) atoms. The summed E-state index contributed by atoms with van der Waals surface area (Å²) in [5, 5.41) is 54.4. The maximum Gasteiger partial charge on any atom is 0.220 e. The highest BCUT2D eigenvalue weighted by Gasteiger charge is 2.44. The molecule has 9 heteroatoms. The van der Waals surface area contributed by atoms with E-state index in [0.717, 1.165) is 38.5 Å². The third kappa shape index (κ3) is 40.3. The van der Waals surface area contributed by atoms with Crippen molar-refractivity contribution in [3.8, 4) is 0 Å². The van der Waals surface area contributed by atoms with Crippen molar-refractivity contribution in [3.63, 3.8) is 0 Å². The largest absolute Gasteiger partial charge is 0.394 e. The smallest absolute Gasteiger partial charge is 0.220 e. The zero-order valence-corrected chi connectivity index (χ0v) is 46.3. The third-order valence-corrected chi connectivity index (χ3v) is 15.1. The van der Waals surface area contributed by atoms with Crippen LogP contribution >= 0.6 is 0 Å². The van der Waals surface area contributed by atoms with Crippen molar-refractivity contribution in [3.05, 3.63) is 12.2 Å². The molecule has 1 saturated heterocycles. The molecule has 0 bridgehead atoms. The topological polar surface area (TPSA) is 149 Å². The first-order valence-electron chi connectivity index (χ1n) is 30.9. The fourth-order valence-electron chi connectivity index (χ4n) is 10.2. The van der Waals surface area contributed by atoms with Crippen LogP contribution in [-0.2, 0) is 14.3 Å². The van der Waals surface area contributed by atoms with Gasteiger partial charge in [-0.25, -0.2) is 0 Å². The number of hydrogen-bond donors (Lipinski definition) is 6. The van der Waals surface area contributed by atoms with Crippen LogP contribution in [0.2, 0.25) is 0 Å². The first kappa shape index (κ1) is 66.9. The van der Waals surface area contributed by atoms with E-state index < -0.39 is 49.5 Å². The van der Waals surface area contributed by atoms with E-state index in [0.29, 0.717) is 6.42 Å². The fraction of sp³-hybridized carbons (Fsp3) is 0.951. The average molecular weight is 995 g/mol. The second-order valence-corrected chi connectivity index (χ2v) is 21.9. The molecule has 1 rings (SSSR count). The predicted molar refractivity (Wildman–Crippen MR) is 295 cm³/mol. The molecule has 1 fully saturated rings. The number of unbranched alkanes of at least 4 members (excludes halogenated alkanes) is 44. The van der Waals surface area contributed by atoms with Crippen molar-refractivity contribution < 1.29 is 39.8 Å². The van der Waals surface area contributed by atoms with Gasteiger partial charge in [0, 0.05) is 6.42 Å². The Kier molecular flexibility index (Phi) is 49.2. The lowest BCUT2D eigenvalue weighted by Crippen LogP contribution is -2.60. The molecule has 7 atom stereocenters. The van der Waals surface area contributed by atoms with Crippen LogP contribution in [0.1, 0.15) is 316 Å². The highest BCUT2D eigenvalue weighted by Crippen LogP contribution is 2.23. The summed E-state index contributed by atoms with van der Waals surface area (Å²) in [4.78, 5) is 13.0. The summed E-state index contributed by atoms with van der Waals surface area (Å²) >= 11 is 0. The minimum Gasteiger partial charge on any atom is -0.394 e. The van der Waals surface area contributed by atoms with Crippen LogP contribution in [0.4, 0.5) is 0 Å². The molecule has 6 N–H and O–H groups in total. The Morgan fingerprint density at radius 1 is 0.471 bits per heavy atom. The summed E-state index contributed by atoms with van der Waals surface area (Å²) in [6.45, 7) is 3.80. The second kappa shape index (κ2) is 51.4. The van der Waals surface area contributed by atoms with Crippen LogP contribution in [0.3, 0.4) is 0 Å². The standard InChI is InChI=1S/C61H119NO8/c1-3-5-7-9-11-13-15-17-18-19-20-21-22-23-24-25-26-27-28-29-30-31-32-33-34-35-36-37-38-39-41-43-45-47-49-51-57(65)62-54(53-69-61-60(68)59(67)58(66)56(52-63)70-61)55(64)50-48-46-44-42-40-16-14-12-10-8-6-4-2/h48,50,54-56,58-61,63-64,66-68H,3-47,49,51-53H2,1-2H3,(H,62,65)/b50-48+/t54-,55+,56+,58-,59?,60?,61+/m0/s1. The monoisotopic (exact) mass is 994 g/mol. The summed E-state index contributed by atoms with van der Waals surface area (Å²) < 4.78 is 11.3. The van der Waals surface area contributed by atoms with Crippen molar-refractivity contribution >= 4 is 5.91 Å². The first-order valence-corrected chi connectivity index (χ1v) is 30.9. The molecular formula is C61H119NO8. The van der Waals surface area contributed by atoms with Gasteiger partial charge in [0.15, 0.2) is 6.29 Å². The van der Waals surface area contributed by atoms with Crippen LogP contribution in [-0.4, -0.2) is 87.5 Å². The summed E-state index contributed by atoms with van der Waals surface area (Å²) in [5.41, 5.74) is 0. The Hall–Kier alpha value is -1.07. The highest BCUT2D eigenvalue weighted by molar-refractivity contribution is 5.76. The number of carbonyl (C=O) groups is 1. The number of nitrogens with one attached hydrogen (secondary N) is 1. The van der Waals surface area contributed by atoms with Crippen LogP contribution < -0.4 is 5.32 Å². The summed E-state index contributed by atoms with van der Waals surface area (Å²) in [6, 6.07) is -0.799.